The monoisotopic (exact) mass is 224 g/mol. The lowest BCUT2D eigenvalue weighted by Gasteiger charge is -2.22. The first kappa shape index (κ1) is 13.0. The van der Waals surface area contributed by atoms with Gasteiger partial charge in [-0.2, -0.15) is 5.26 Å². The Morgan fingerprint density at radius 2 is 2.31 bits per heavy atom. The first-order valence-electron chi connectivity index (χ1n) is 5.84. The number of carboxylic acid groups (broad SMARTS) is 1. The molecule has 1 aliphatic heterocycles. The van der Waals surface area contributed by atoms with E-state index < -0.39 is 5.97 Å². The molecule has 0 bridgehead atoms. The van der Waals surface area contributed by atoms with Gasteiger partial charge in [0.2, 0.25) is 0 Å². The van der Waals surface area contributed by atoms with E-state index in [-0.39, 0.29) is 11.5 Å². The molecule has 90 valence electrons. The van der Waals surface area contributed by atoms with Crippen molar-refractivity contribution in [3.05, 3.63) is 0 Å². The van der Waals surface area contributed by atoms with E-state index in [1.165, 1.54) is 0 Å². The SMILES string of the molecule is CC(C)(C#N)CCCN1CCCC1C(=O)O. The lowest BCUT2D eigenvalue weighted by molar-refractivity contribution is -0.142. The minimum atomic E-state index is -0.711. The van der Waals surface area contributed by atoms with Gasteiger partial charge in [0.25, 0.3) is 0 Å². The molecule has 0 saturated carbocycles. The van der Waals surface area contributed by atoms with Crippen LogP contribution < -0.4 is 0 Å². The van der Waals surface area contributed by atoms with Crippen LogP contribution in [0, 0.1) is 16.7 Å². The van der Waals surface area contributed by atoms with Crippen molar-refractivity contribution < 1.29 is 9.90 Å². The highest BCUT2D eigenvalue weighted by molar-refractivity contribution is 5.73. The fourth-order valence-electron chi connectivity index (χ4n) is 2.15. The summed E-state index contributed by atoms with van der Waals surface area (Å²) in [4.78, 5) is 13.0. The molecule has 0 radical (unpaired) electrons. The molecule has 0 aromatic rings. The van der Waals surface area contributed by atoms with E-state index in [1.807, 2.05) is 18.7 Å². The van der Waals surface area contributed by atoms with E-state index >= 15 is 0 Å². The van der Waals surface area contributed by atoms with Gasteiger partial charge in [-0.15, -0.1) is 0 Å². The number of nitrogens with zero attached hydrogens (tertiary/aromatic N) is 2. The average Bonchev–Trinajstić information content (AvgIpc) is 2.66. The van der Waals surface area contributed by atoms with E-state index in [0.29, 0.717) is 0 Å². The first-order valence-corrected chi connectivity index (χ1v) is 5.84. The Bertz CT molecular complexity index is 294. The highest BCUT2D eigenvalue weighted by Gasteiger charge is 2.30. The van der Waals surface area contributed by atoms with Gasteiger partial charge < -0.3 is 5.11 Å². The predicted octanol–water partition coefficient (Wildman–Crippen LogP) is 1.87. The van der Waals surface area contributed by atoms with Crippen molar-refractivity contribution in [2.45, 2.75) is 45.6 Å². The number of hydrogen-bond donors (Lipinski definition) is 1. The molecular formula is C12H20N2O2. The van der Waals surface area contributed by atoms with Gasteiger partial charge in [0, 0.05) is 0 Å². The van der Waals surface area contributed by atoms with Gasteiger partial charge in [-0.1, -0.05) is 0 Å². The van der Waals surface area contributed by atoms with Crippen LogP contribution in [0.15, 0.2) is 0 Å². The second-order valence-corrected chi connectivity index (χ2v) is 5.13. The van der Waals surface area contributed by atoms with Crippen LogP contribution >= 0.6 is 0 Å². The number of aliphatic carboxylic acids is 1. The summed E-state index contributed by atoms with van der Waals surface area (Å²) < 4.78 is 0. The Hall–Kier alpha value is -1.08. The van der Waals surface area contributed by atoms with E-state index in [9.17, 15) is 4.79 Å². The maximum absolute atomic E-state index is 10.9. The third-order valence-corrected chi connectivity index (χ3v) is 3.20. The molecular weight excluding hydrogens is 204 g/mol. The molecule has 0 spiro atoms. The molecule has 4 nitrogen and oxygen atoms in total. The Morgan fingerprint density at radius 1 is 1.62 bits per heavy atom. The van der Waals surface area contributed by atoms with Gasteiger partial charge >= 0.3 is 5.97 Å². The van der Waals surface area contributed by atoms with Crippen molar-refractivity contribution in [1.29, 1.82) is 5.26 Å². The van der Waals surface area contributed by atoms with Crippen LogP contribution in [0.2, 0.25) is 0 Å². The summed E-state index contributed by atoms with van der Waals surface area (Å²) in [5, 5.41) is 17.9. The Labute approximate surface area is 96.9 Å². The molecule has 1 atom stereocenters. The van der Waals surface area contributed by atoms with Crippen molar-refractivity contribution in [3.8, 4) is 6.07 Å². The van der Waals surface area contributed by atoms with Crippen molar-refractivity contribution in [2.75, 3.05) is 13.1 Å². The summed E-state index contributed by atoms with van der Waals surface area (Å²) in [5.41, 5.74) is -0.293. The molecule has 1 fully saturated rings. The van der Waals surface area contributed by atoms with Crippen LogP contribution in [0.4, 0.5) is 0 Å². The van der Waals surface area contributed by atoms with Crippen molar-refractivity contribution in [2.24, 2.45) is 5.41 Å². The van der Waals surface area contributed by atoms with Crippen LogP contribution in [0.5, 0.6) is 0 Å². The smallest absolute Gasteiger partial charge is 0.320 e. The molecule has 0 aromatic carbocycles. The van der Waals surface area contributed by atoms with Gasteiger partial charge in [-0.05, 0) is 52.6 Å². The zero-order valence-electron chi connectivity index (χ0n) is 10.1. The van der Waals surface area contributed by atoms with Gasteiger partial charge in [-0.25, -0.2) is 0 Å². The van der Waals surface area contributed by atoms with Crippen LogP contribution in [-0.2, 0) is 4.79 Å². The number of nitriles is 1. The standard InChI is InChI=1S/C12H20N2O2/c1-12(2,9-13)6-4-8-14-7-3-5-10(14)11(15)16/h10H,3-8H2,1-2H3,(H,15,16). The van der Waals surface area contributed by atoms with Crippen molar-refractivity contribution in [1.82, 2.24) is 4.90 Å². The topological polar surface area (TPSA) is 64.3 Å². The Morgan fingerprint density at radius 3 is 2.88 bits per heavy atom. The van der Waals surface area contributed by atoms with Crippen LogP contribution in [0.25, 0.3) is 0 Å². The minimum absolute atomic E-state index is 0.293. The summed E-state index contributed by atoms with van der Waals surface area (Å²) in [6.07, 6.45) is 3.45. The molecule has 1 rings (SSSR count). The zero-order chi connectivity index (χ0) is 12.2. The van der Waals surface area contributed by atoms with E-state index in [0.717, 1.165) is 38.8 Å². The summed E-state index contributed by atoms with van der Waals surface area (Å²) in [5.74, 6) is -0.711. The molecule has 16 heavy (non-hydrogen) atoms. The van der Waals surface area contributed by atoms with E-state index in [2.05, 4.69) is 6.07 Å². The molecule has 0 amide bonds. The van der Waals surface area contributed by atoms with Crippen LogP contribution in [0.3, 0.4) is 0 Å². The lowest BCUT2D eigenvalue weighted by atomic mass is 9.90. The van der Waals surface area contributed by atoms with Gasteiger partial charge in [0.1, 0.15) is 6.04 Å². The zero-order valence-corrected chi connectivity index (χ0v) is 10.1. The number of rotatable bonds is 5. The summed E-state index contributed by atoms with van der Waals surface area (Å²) in [6.45, 7) is 5.52. The average molecular weight is 224 g/mol. The van der Waals surface area contributed by atoms with E-state index in [1.54, 1.807) is 0 Å². The minimum Gasteiger partial charge on any atom is -0.480 e. The lowest BCUT2D eigenvalue weighted by Crippen LogP contribution is -2.36. The second kappa shape index (κ2) is 5.31. The number of carboxylic acids is 1. The highest BCUT2D eigenvalue weighted by atomic mass is 16.4. The summed E-state index contributed by atoms with van der Waals surface area (Å²) >= 11 is 0. The van der Waals surface area contributed by atoms with E-state index in [4.69, 9.17) is 10.4 Å². The fraction of sp³-hybridized carbons (Fsp3) is 0.833. The molecule has 4 heteroatoms. The van der Waals surface area contributed by atoms with Gasteiger partial charge in [0.15, 0.2) is 0 Å². The second-order valence-electron chi connectivity index (χ2n) is 5.13. The third-order valence-electron chi connectivity index (χ3n) is 3.20. The fourth-order valence-corrected chi connectivity index (χ4v) is 2.15. The predicted molar refractivity (Wildman–Crippen MR) is 60.9 cm³/mol. The Kier molecular flexibility index (Phi) is 4.31. The Balaban J connectivity index is 2.33. The van der Waals surface area contributed by atoms with Gasteiger partial charge in [-0.3, -0.25) is 9.69 Å². The highest BCUT2D eigenvalue weighted by Crippen LogP contribution is 2.23. The van der Waals surface area contributed by atoms with Crippen LogP contribution in [0.1, 0.15) is 39.5 Å². The number of hydrogen-bond acceptors (Lipinski definition) is 3. The maximum atomic E-state index is 10.9. The summed E-state index contributed by atoms with van der Waals surface area (Å²) in [7, 11) is 0. The largest absolute Gasteiger partial charge is 0.480 e. The van der Waals surface area contributed by atoms with Crippen molar-refractivity contribution >= 4 is 5.97 Å². The molecule has 1 heterocycles. The quantitative estimate of drug-likeness (QED) is 0.774. The molecule has 0 aliphatic carbocycles. The first-order chi connectivity index (χ1) is 7.46. The molecule has 1 unspecified atom stereocenters. The van der Waals surface area contributed by atoms with Gasteiger partial charge in [0.05, 0.1) is 11.5 Å². The molecule has 1 saturated heterocycles. The molecule has 0 aromatic heterocycles. The molecule has 1 aliphatic rings. The maximum Gasteiger partial charge on any atom is 0.320 e. The number of carbonyl (C=O) groups is 1. The normalized spacial score (nSPS) is 21.9. The van der Waals surface area contributed by atoms with Crippen molar-refractivity contribution in [3.63, 3.8) is 0 Å². The summed E-state index contributed by atoms with van der Waals surface area (Å²) in [6, 6.07) is 1.97. The third kappa shape index (κ3) is 3.49. The number of likely N-dealkylation sites (tertiary alicyclic amines) is 1. The van der Waals surface area contributed by atoms with Crippen LogP contribution in [-0.4, -0.2) is 35.1 Å². The molecule has 1 N–H and O–H groups in total.